The summed E-state index contributed by atoms with van der Waals surface area (Å²) in [6.07, 6.45) is 9.35. The van der Waals surface area contributed by atoms with Gasteiger partial charge in [0, 0.05) is 6.42 Å². The van der Waals surface area contributed by atoms with E-state index >= 15 is 0 Å². The van der Waals surface area contributed by atoms with E-state index in [1.807, 2.05) is 0 Å². The summed E-state index contributed by atoms with van der Waals surface area (Å²) in [5.41, 5.74) is -0.867. The first kappa shape index (κ1) is 12.6. The Balaban J connectivity index is 1.72. The average Bonchev–Trinajstić information content (AvgIpc) is 2.94. The third-order valence-corrected chi connectivity index (χ3v) is 4.77. The van der Waals surface area contributed by atoms with Crippen molar-refractivity contribution in [3.8, 4) is 0 Å². The van der Waals surface area contributed by atoms with Crippen LogP contribution in [0.3, 0.4) is 0 Å². The molecule has 0 aliphatic heterocycles. The Morgan fingerprint density at radius 3 is 2.63 bits per heavy atom. The molecule has 6 nitrogen and oxygen atoms in total. The van der Waals surface area contributed by atoms with Crippen molar-refractivity contribution in [3.05, 3.63) is 5.82 Å². The molecular weight excluding hydrogens is 244 g/mol. The number of tetrazole rings is 1. The molecule has 1 aromatic heterocycles. The van der Waals surface area contributed by atoms with Crippen LogP contribution in [0.4, 0.5) is 0 Å². The number of aromatic nitrogens is 4. The maximum Gasteiger partial charge on any atom is 0.331 e. The molecule has 0 saturated heterocycles. The molecule has 0 atom stereocenters. The number of carboxylic acid groups (broad SMARTS) is 1. The van der Waals surface area contributed by atoms with E-state index in [0.29, 0.717) is 12.8 Å². The zero-order chi connectivity index (χ0) is 13.3. The van der Waals surface area contributed by atoms with Gasteiger partial charge in [-0.15, -0.1) is 5.10 Å². The summed E-state index contributed by atoms with van der Waals surface area (Å²) in [5.74, 6) is 0.717. The first-order valence-electron chi connectivity index (χ1n) is 7.23. The number of hydrogen-bond donors (Lipinski definition) is 1. The lowest BCUT2D eigenvalue weighted by Gasteiger charge is -2.37. The monoisotopic (exact) mass is 264 g/mol. The molecule has 2 saturated carbocycles. The Morgan fingerprint density at radius 1 is 1.32 bits per heavy atom. The molecule has 0 aromatic carbocycles. The normalized spacial score (nSPS) is 22.3. The highest BCUT2D eigenvalue weighted by atomic mass is 16.4. The predicted octanol–water partition coefficient (Wildman–Crippen LogP) is 1.76. The molecule has 1 heterocycles. The Hall–Kier alpha value is -1.46. The highest BCUT2D eigenvalue weighted by molar-refractivity contribution is 5.77. The third-order valence-electron chi connectivity index (χ3n) is 4.77. The van der Waals surface area contributed by atoms with Crippen LogP contribution in [-0.4, -0.2) is 31.3 Å². The molecule has 0 unspecified atom stereocenters. The Kier molecular flexibility index (Phi) is 3.24. The fourth-order valence-electron chi connectivity index (χ4n) is 3.35. The summed E-state index contributed by atoms with van der Waals surface area (Å²) < 4.78 is 1.58. The van der Waals surface area contributed by atoms with E-state index in [-0.39, 0.29) is 0 Å². The van der Waals surface area contributed by atoms with Gasteiger partial charge in [-0.05, 0) is 42.0 Å². The van der Waals surface area contributed by atoms with E-state index in [4.69, 9.17) is 0 Å². The second-order valence-corrected chi connectivity index (χ2v) is 5.89. The number of aryl methyl sites for hydroxylation is 1. The van der Waals surface area contributed by atoms with E-state index in [1.54, 1.807) is 4.68 Å². The Morgan fingerprint density at radius 2 is 2.05 bits per heavy atom. The predicted molar refractivity (Wildman–Crippen MR) is 67.6 cm³/mol. The number of hydrogen-bond acceptors (Lipinski definition) is 4. The third kappa shape index (κ3) is 2.13. The minimum Gasteiger partial charge on any atom is -0.479 e. The zero-order valence-electron chi connectivity index (χ0n) is 11.1. The smallest absolute Gasteiger partial charge is 0.331 e. The molecule has 1 aromatic rings. The van der Waals surface area contributed by atoms with Crippen molar-refractivity contribution < 1.29 is 9.90 Å². The van der Waals surface area contributed by atoms with Crippen LogP contribution in [0.25, 0.3) is 0 Å². The van der Waals surface area contributed by atoms with Crippen LogP contribution < -0.4 is 0 Å². The quantitative estimate of drug-likeness (QED) is 0.876. The Bertz CT molecular complexity index is 461. The van der Waals surface area contributed by atoms with Crippen molar-refractivity contribution in [2.45, 2.75) is 63.3 Å². The van der Waals surface area contributed by atoms with Crippen molar-refractivity contribution in [2.75, 3.05) is 0 Å². The molecule has 2 aliphatic carbocycles. The van der Waals surface area contributed by atoms with Crippen molar-refractivity contribution in [2.24, 2.45) is 5.92 Å². The van der Waals surface area contributed by atoms with Gasteiger partial charge in [-0.3, -0.25) is 0 Å². The van der Waals surface area contributed by atoms with Gasteiger partial charge in [0.1, 0.15) is 0 Å². The number of nitrogens with zero attached hydrogens (tertiary/aromatic N) is 4. The van der Waals surface area contributed by atoms with Gasteiger partial charge >= 0.3 is 5.97 Å². The van der Waals surface area contributed by atoms with Crippen LogP contribution in [0.15, 0.2) is 0 Å². The fraction of sp³-hybridized carbons (Fsp3) is 0.846. The SMILES string of the molecule is O=C(O)C1(n2nnnc2CCC2CCCC2)CCC1. The summed E-state index contributed by atoms with van der Waals surface area (Å²) in [4.78, 5) is 11.5. The minimum atomic E-state index is -0.867. The topological polar surface area (TPSA) is 80.9 Å². The largest absolute Gasteiger partial charge is 0.479 e. The molecule has 0 amide bonds. The summed E-state index contributed by atoms with van der Waals surface area (Å²) in [7, 11) is 0. The maximum absolute atomic E-state index is 11.5. The van der Waals surface area contributed by atoms with Gasteiger partial charge in [0.15, 0.2) is 11.4 Å². The van der Waals surface area contributed by atoms with Crippen molar-refractivity contribution in [1.29, 1.82) is 0 Å². The highest BCUT2D eigenvalue weighted by Crippen LogP contribution is 2.39. The van der Waals surface area contributed by atoms with Gasteiger partial charge in [0.2, 0.25) is 0 Å². The molecule has 6 heteroatoms. The molecule has 2 aliphatic rings. The average molecular weight is 264 g/mol. The molecule has 2 fully saturated rings. The van der Waals surface area contributed by atoms with E-state index < -0.39 is 11.5 Å². The van der Waals surface area contributed by atoms with Crippen molar-refractivity contribution >= 4 is 5.97 Å². The number of rotatable bonds is 5. The van der Waals surface area contributed by atoms with Gasteiger partial charge in [-0.2, -0.15) is 0 Å². The van der Waals surface area contributed by atoms with E-state index in [2.05, 4.69) is 15.5 Å². The number of carboxylic acids is 1. The van der Waals surface area contributed by atoms with Gasteiger partial charge in [0.25, 0.3) is 0 Å². The summed E-state index contributed by atoms with van der Waals surface area (Å²) >= 11 is 0. The molecule has 3 rings (SSSR count). The van der Waals surface area contributed by atoms with Crippen LogP contribution in [0, 0.1) is 5.92 Å². The molecule has 0 bridgehead atoms. The van der Waals surface area contributed by atoms with E-state index in [1.165, 1.54) is 25.7 Å². The van der Waals surface area contributed by atoms with Gasteiger partial charge in [-0.1, -0.05) is 25.7 Å². The first-order valence-corrected chi connectivity index (χ1v) is 7.23. The van der Waals surface area contributed by atoms with Crippen LogP contribution in [0.2, 0.25) is 0 Å². The summed E-state index contributed by atoms with van der Waals surface area (Å²) in [5, 5.41) is 21.1. The molecule has 104 valence electrons. The minimum absolute atomic E-state index is 0.643. The summed E-state index contributed by atoms with van der Waals surface area (Å²) in [6, 6.07) is 0. The highest BCUT2D eigenvalue weighted by Gasteiger charge is 2.48. The van der Waals surface area contributed by atoms with Crippen LogP contribution in [-0.2, 0) is 16.8 Å². The Labute approximate surface area is 112 Å². The van der Waals surface area contributed by atoms with Crippen molar-refractivity contribution in [1.82, 2.24) is 20.2 Å². The van der Waals surface area contributed by atoms with Crippen molar-refractivity contribution in [3.63, 3.8) is 0 Å². The molecular formula is C13H20N4O2. The maximum atomic E-state index is 11.5. The second kappa shape index (κ2) is 4.90. The van der Waals surface area contributed by atoms with Crippen LogP contribution in [0.1, 0.15) is 57.2 Å². The van der Waals surface area contributed by atoms with Gasteiger partial charge < -0.3 is 5.11 Å². The first-order chi connectivity index (χ1) is 9.22. The standard InChI is InChI=1S/C13H20N4O2/c18-12(19)13(8-3-9-13)17-11(14-15-16-17)7-6-10-4-1-2-5-10/h10H,1-9H2,(H,18,19). The van der Waals surface area contributed by atoms with E-state index in [9.17, 15) is 9.90 Å². The number of carbonyl (C=O) groups is 1. The lowest BCUT2D eigenvalue weighted by Crippen LogP contribution is -2.49. The van der Waals surface area contributed by atoms with Crippen LogP contribution >= 0.6 is 0 Å². The molecule has 0 radical (unpaired) electrons. The lowest BCUT2D eigenvalue weighted by molar-refractivity contribution is -0.153. The molecule has 19 heavy (non-hydrogen) atoms. The number of aliphatic carboxylic acids is 1. The van der Waals surface area contributed by atoms with E-state index in [0.717, 1.165) is 31.0 Å². The lowest BCUT2D eigenvalue weighted by atomic mass is 9.76. The zero-order valence-corrected chi connectivity index (χ0v) is 11.1. The van der Waals surface area contributed by atoms with Crippen LogP contribution in [0.5, 0.6) is 0 Å². The second-order valence-electron chi connectivity index (χ2n) is 5.89. The molecule has 1 N–H and O–H groups in total. The molecule has 0 spiro atoms. The summed E-state index contributed by atoms with van der Waals surface area (Å²) in [6.45, 7) is 0. The van der Waals surface area contributed by atoms with Gasteiger partial charge in [0.05, 0.1) is 0 Å². The van der Waals surface area contributed by atoms with Gasteiger partial charge in [-0.25, -0.2) is 9.48 Å². The fourth-order valence-corrected chi connectivity index (χ4v) is 3.35.